The Bertz CT molecular complexity index is 1500. The van der Waals surface area contributed by atoms with Crippen LogP contribution in [0.1, 0.15) is 81.6 Å². The fraction of sp³-hybridized carbons (Fsp3) is 0.860. The predicted octanol–water partition coefficient (Wildman–Crippen LogP) is 1.30. The van der Waals surface area contributed by atoms with Crippen molar-refractivity contribution in [2.45, 2.75) is 135 Å². The molecule has 0 aromatic rings. The van der Waals surface area contributed by atoms with E-state index in [0.29, 0.717) is 91.9 Å². The third-order valence-electron chi connectivity index (χ3n) is 10.9. The largest absolute Gasteiger partial charge is 0.444 e. The van der Waals surface area contributed by atoms with Gasteiger partial charge in [-0.15, -0.1) is 0 Å². The van der Waals surface area contributed by atoms with Crippen molar-refractivity contribution in [1.82, 2.24) is 29.4 Å². The second-order valence-electron chi connectivity index (χ2n) is 19.6. The first-order chi connectivity index (χ1) is 29.9. The minimum absolute atomic E-state index is 0.0475. The maximum Gasteiger partial charge on any atom is 0.411 e. The first kappa shape index (κ1) is 52.6. The van der Waals surface area contributed by atoms with Crippen molar-refractivity contribution in [3.63, 3.8) is 0 Å². The van der Waals surface area contributed by atoms with Crippen LogP contribution >= 0.6 is 0 Å². The lowest BCUT2D eigenvalue weighted by Crippen LogP contribution is -2.51. The fourth-order valence-corrected chi connectivity index (χ4v) is 7.85. The molecule has 0 spiro atoms. The van der Waals surface area contributed by atoms with E-state index in [0.717, 1.165) is 0 Å². The molecule has 6 aliphatic heterocycles. The number of carbonyl (C=O) groups excluding carboxylic acids is 6. The Morgan fingerprint density at radius 2 is 0.719 bits per heavy atom. The minimum atomic E-state index is -0.687. The first-order valence-corrected chi connectivity index (χ1v) is 22.3. The summed E-state index contributed by atoms with van der Waals surface area (Å²) in [5.74, 6) is -0.324. The van der Waals surface area contributed by atoms with Gasteiger partial charge in [-0.2, -0.15) is 0 Å². The summed E-state index contributed by atoms with van der Waals surface area (Å²) in [7, 11) is 1.60. The van der Waals surface area contributed by atoms with E-state index in [1.165, 1.54) is 14.7 Å². The molecule has 0 saturated carbocycles. The number of hydrogen-bond donors (Lipinski definition) is 2. The monoisotopic (exact) mass is 915 g/mol. The number of hydrogen-bond acceptors (Lipinski definition) is 15. The van der Waals surface area contributed by atoms with Crippen LogP contribution < -0.4 is 0 Å². The fourth-order valence-electron chi connectivity index (χ4n) is 7.85. The van der Waals surface area contributed by atoms with E-state index < -0.39 is 65.4 Å². The summed E-state index contributed by atoms with van der Waals surface area (Å²) >= 11 is 0. The van der Waals surface area contributed by atoms with Gasteiger partial charge in [0.2, 0.25) is 17.7 Å². The number of amides is 6. The Hall–Kier alpha value is -4.02. The average molecular weight is 915 g/mol. The highest BCUT2D eigenvalue weighted by atomic mass is 16.6. The van der Waals surface area contributed by atoms with Gasteiger partial charge < -0.3 is 58.1 Å². The van der Waals surface area contributed by atoms with E-state index >= 15 is 0 Å². The van der Waals surface area contributed by atoms with Crippen LogP contribution in [0.15, 0.2) is 0 Å². The van der Waals surface area contributed by atoms with Crippen LogP contribution in [0.2, 0.25) is 0 Å². The number of aliphatic hydroxyl groups is 2. The van der Waals surface area contributed by atoms with E-state index in [2.05, 4.69) is 0 Å². The Morgan fingerprint density at radius 3 is 0.984 bits per heavy atom. The van der Waals surface area contributed by atoms with Crippen molar-refractivity contribution in [1.29, 1.82) is 0 Å². The molecule has 0 aromatic heterocycles. The summed E-state index contributed by atoms with van der Waals surface area (Å²) in [6.07, 6.45) is -2.05. The third kappa shape index (κ3) is 15.9. The molecule has 6 fully saturated rings. The summed E-state index contributed by atoms with van der Waals surface area (Å²) in [6, 6.07) is -1.81. The van der Waals surface area contributed by atoms with Crippen LogP contribution in [-0.2, 0) is 47.5 Å². The predicted molar refractivity (Wildman–Crippen MR) is 229 cm³/mol. The second-order valence-corrected chi connectivity index (χ2v) is 19.6. The van der Waals surface area contributed by atoms with Gasteiger partial charge in [0.25, 0.3) is 0 Å². The van der Waals surface area contributed by atoms with Crippen molar-refractivity contribution < 1.29 is 72.1 Å². The molecule has 21 nitrogen and oxygen atoms in total. The molecule has 6 aliphatic rings. The van der Waals surface area contributed by atoms with Crippen molar-refractivity contribution in [3.8, 4) is 0 Å². The third-order valence-corrected chi connectivity index (χ3v) is 10.9. The van der Waals surface area contributed by atoms with Gasteiger partial charge in [0.15, 0.2) is 0 Å². The molecule has 6 atom stereocenters. The number of methoxy groups -OCH3 is 1. The van der Waals surface area contributed by atoms with Gasteiger partial charge in [-0.3, -0.25) is 29.1 Å². The van der Waals surface area contributed by atoms with Gasteiger partial charge in [-0.1, -0.05) is 0 Å². The maximum atomic E-state index is 12.7. The van der Waals surface area contributed by atoms with Crippen LogP contribution in [0.4, 0.5) is 14.4 Å². The number of aliphatic hydroxyl groups excluding tert-OH is 2. The van der Waals surface area contributed by atoms with Crippen molar-refractivity contribution in [2.75, 3.05) is 106 Å². The molecular weight excluding hydrogens is 840 g/mol. The lowest BCUT2D eigenvalue weighted by Gasteiger charge is -2.33. The second kappa shape index (κ2) is 22.9. The van der Waals surface area contributed by atoms with E-state index in [-0.39, 0.29) is 49.8 Å². The van der Waals surface area contributed by atoms with E-state index in [4.69, 9.17) is 33.2 Å². The van der Waals surface area contributed by atoms with E-state index in [9.17, 15) is 39.0 Å². The Kier molecular flexibility index (Phi) is 18.9. The van der Waals surface area contributed by atoms with Crippen LogP contribution in [0.3, 0.4) is 0 Å². The van der Waals surface area contributed by atoms with Crippen molar-refractivity contribution in [3.05, 3.63) is 0 Å². The van der Waals surface area contributed by atoms with Crippen molar-refractivity contribution in [2.24, 2.45) is 0 Å². The van der Waals surface area contributed by atoms with Crippen molar-refractivity contribution >= 4 is 36.0 Å². The average Bonchev–Trinajstić information content (AvgIpc) is 3.96. The zero-order valence-electron chi connectivity index (χ0n) is 39.6. The van der Waals surface area contributed by atoms with Gasteiger partial charge in [0, 0.05) is 65.6 Å². The number of morpholine rings is 3. The van der Waals surface area contributed by atoms with Gasteiger partial charge in [0.05, 0.1) is 77.6 Å². The van der Waals surface area contributed by atoms with Crippen LogP contribution in [0.25, 0.3) is 0 Å². The number of carbonyl (C=O) groups is 6. The molecule has 0 unspecified atom stereocenters. The number of ether oxygens (including phenoxy) is 7. The molecule has 6 rings (SSSR count). The Balaban J connectivity index is 0.000000210. The highest BCUT2D eigenvalue weighted by molar-refractivity contribution is 5.88. The van der Waals surface area contributed by atoms with Gasteiger partial charge in [-0.05, 0) is 62.3 Å². The molecule has 0 bridgehead atoms. The summed E-state index contributed by atoms with van der Waals surface area (Å²) in [5.41, 5.74) is -1.84. The van der Waals surface area contributed by atoms with Gasteiger partial charge in [-0.25, -0.2) is 14.4 Å². The summed E-state index contributed by atoms with van der Waals surface area (Å²) in [6.45, 7) is 23.1. The number of rotatable bonds is 4. The molecule has 64 heavy (non-hydrogen) atoms. The quantitative estimate of drug-likeness (QED) is 0.379. The van der Waals surface area contributed by atoms with Gasteiger partial charge >= 0.3 is 18.3 Å². The Morgan fingerprint density at radius 1 is 0.453 bits per heavy atom. The summed E-state index contributed by atoms with van der Waals surface area (Å²) in [5, 5.41) is 19.6. The van der Waals surface area contributed by atoms with E-state index in [1.54, 1.807) is 63.4 Å². The number of β-amino-alcohol motifs (C(OH)–C–C–N with tert-alkyl or cyclic N) is 2. The molecule has 366 valence electrons. The first-order valence-electron chi connectivity index (χ1n) is 22.3. The molecule has 6 amide bonds. The molecule has 6 saturated heterocycles. The highest BCUT2D eigenvalue weighted by Crippen LogP contribution is 2.27. The Labute approximate surface area is 377 Å². The molecule has 21 heteroatoms. The topological polar surface area (TPSA) is 227 Å². The zero-order valence-corrected chi connectivity index (χ0v) is 39.6. The SMILES string of the molecule is CC(C)(C)OC(=O)N1C[C@@H](O)C[C@H]1C(=O)N1CCOCC1.CC(C)(C)OC(=O)N1C[C@@H](O)C[C@H]1C(=O)N1CCOCC1.CO[C@H]1C[C@@H](C(=O)N2CCOCC2)N(C(=O)OC(C)(C)C)C1. The molecule has 6 heterocycles. The smallest absolute Gasteiger partial charge is 0.411 e. The van der Waals surface area contributed by atoms with Crippen LogP contribution in [0.5, 0.6) is 0 Å². The number of nitrogens with zero attached hydrogens (tertiary/aromatic N) is 6. The van der Waals surface area contributed by atoms with Crippen LogP contribution in [0, 0.1) is 0 Å². The normalized spacial score (nSPS) is 26.6. The zero-order chi connectivity index (χ0) is 47.6. The molecule has 0 radical (unpaired) electrons. The molecule has 0 aromatic carbocycles. The summed E-state index contributed by atoms with van der Waals surface area (Å²) < 4.78 is 37.1. The molecular formula is C43H74N6O15. The standard InChI is InChI=1S/C15H26N2O5.2C14H24N2O5/c1-15(2,3)22-14(19)17-10-11(20-4)9-12(17)13(18)16-5-7-21-8-6-16;2*1-14(2,3)21-13(19)16-9-10(17)8-11(16)12(18)15-4-6-20-7-5-15/h11-12H,5-10H2,1-4H3;2*10-11,17H,4-9H2,1-3H3/t11-,12-;2*10-,11-/m000/s1. The highest BCUT2D eigenvalue weighted by Gasteiger charge is 2.45. The van der Waals surface area contributed by atoms with Gasteiger partial charge in [0.1, 0.15) is 34.9 Å². The minimum Gasteiger partial charge on any atom is -0.444 e. The molecule has 2 N–H and O–H groups in total. The lowest BCUT2D eigenvalue weighted by atomic mass is 10.1. The maximum absolute atomic E-state index is 12.7. The number of likely N-dealkylation sites (tertiary alicyclic amines) is 3. The lowest BCUT2D eigenvalue weighted by molar-refractivity contribution is -0.140. The van der Waals surface area contributed by atoms with E-state index in [1.807, 2.05) is 20.8 Å². The molecule has 0 aliphatic carbocycles. The summed E-state index contributed by atoms with van der Waals surface area (Å²) in [4.78, 5) is 83.9. The van der Waals surface area contributed by atoms with Crippen LogP contribution in [-0.4, -0.2) is 235 Å².